The summed E-state index contributed by atoms with van der Waals surface area (Å²) in [7, 11) is 0. The first-order valence-electron chi connectivity index (χ1n) is 9.59. The summed E-state index contributed by atoms with van der Waals surface area (Å²) in [6.45, 7) is -0.512. The fourth-order valence-electron chi connectivity index (χ4n) is 3.01. The smallest absolute Gasteiger partial charge is 0.0633 e. The molecular formula is C24H27Cl2NO2S. The molecule has 0 saturated carbocycles. The third-order valence-corrected chi connectivity index (χ3v) is 6.45. The SMILES string of the molecule is Cl.NC(CO)(CO)CCc1ccc(-c2ccc(SCc3ccccc3)cc2)cc1Cl. The molecule has 0 aliphatic carbocycles. The van der Waals surface area contributed by atoms with Gasteiger partial charge in [0.15, 0.2) is 0 Å². The van der Waals surface area contributed by atoms with Crippen molar-refractivity contribution in [3.8, 4) is 11.1 Å². The Balaban J connectivity index is 0.00000320. The van der Waals surface area contributed by atoms with Crippen molar-refractivity contribution in [3.05, 3.63) is 88.9 Å². The van der Waals surface area contributed by atoms with E-state index in [0.29, 0.717) is 17.9 Å². The molecule has 0 spiro atoms. The molecule has 0 atom stereocenters. The van der Waals surface area contributed by atoms with Crippen LogP contribution in [-0.2, 0) is 12.2 Å². The van der Waals surface area contributed by atoms with E-state index in [2.05, 4.69) is 48.5 Å². The van der Waals surface area contributed by atoms with E-state index in [1.54, 1.807) is 0 Å². The minimum absolute atomic E-state index is 0. The fraction of sp³-hybridized carbons (Fsp3) is 0.250. The van der Waals surface area contributed by atoms with Crippen LogP contribution in [0.25, 0.3) is 11.1 Å². The van der Waals surface area contributed by atoms with Crippen LogP contribution >= 0.6 is 35.8 Å². The summed E-state index contributed by atoms with van der Waals surface area (Å²) in [5.41, 5.74) is 9.41. The molecule has 3 aromatic carbocycles. The van der Waals surface area contributed by atoms with E-state index in [9.17, 15) is 10.2 Å². The predicted octanol–water partition coefficient (Wildman–Crippen LogP) is 5.34. The van der Waals surface area contributed by atoms with Crippen LogP contribution in [0.2, 0.25) is 5.02 Å². The van der Waals surface area contributed by atoms with Gasteiger partial charge >= 0.3 is 0 Å². The van der Waals surface area contributed by atoms with Gasteiger partial charge in [0, 0.05) is 15.7 Å². The largest absolute Gasteiger partial charge is 0.394 e. The first-order valence-corrected chi connectivity index (χ1v) is 11.0. The van der Waals surface area contributed by atoms with Crippen molar-refractivity contribution in [2.45, 2.75) is 29.0 Å². The van der Waals surface area contributed by atoms with Gasteiger partial charge in [0.05, 0.1) is 18.8 Å². The Kier molecular flexibility index (Phi) is 9.69. The van der Waals surface area contributed by atoms with Gasteiger partial charge in [0.25, 0.3) is 0 Å². The molecular weight excluding hydrogens is 437 g/mol. The third kappa shape index (κ3) is 6.74. The summed E-state index contributed by atoms with van der Waals surface area (Å²) in [4.78, 5) is 1.23. The molecule has 0 aromatic heterocycles. The van der Waals surface area contributed by atoms with E-state index in [1.807, 2.05) is 36.0 Å². The molecule has 0 radical (unpaired) electrons. The lowest BCUT2D eigenvalue weighted by atomic mass is 9.93. The van der Waals surface area contributed by atoms with Crippen molar-refractivity contribution in [3.63, 3.8) is 0 Å². The lowest BCUT2D eigenvalue weighted by Gasteiger charge is -2.24. The Bertz CT molecular complexity index is 916. The summed E-state index contributed by atoms with van der Waals surface area (Å²) in [6.07, 6.45) is 1.07. The van der Waals surface area contributed by atoms with E-state index in [4.69, 9.17) is 17.3 Å². The molecule has 0 unspecified atom stereocenters. The summed E-state index contributed by atoms with van der Waals surface area (Å²) < 4.78 is 0. The number of rotatable bonds is 9. The zero-order chi connectivity index (χ0) is 20.7. The average Bonchev–Trinajstić information content (AvgIpc) is 2.77. The van der Waals surface area contributed by atoms with Crippen molar-refractivity contribution in [2.75, 3.05) is 13.2 Å². The fourth-order valence-corrected chi connectivity index (χ4v) is 4.14. The quantitative estimate of drug-likeness (QED) is 0.374. The van der Waals surface area contributed by atoms with Crippen molar-refractivity contribution in [1.29, 1.82) is 0 Å². The van der Waals surface area contributed by atoms with E-state index >= 15 is 0 Å². The molecule has 3 rings (SSSR count). The lowest BCUT2D eigenvalue weighted by Crippen LogP contribution is -2.47. The van der Waals surface area contributed by atoms with E-state index in [-0.39, 0.29) is 25.6 Å². The maximum absolute atomic E-state index is 9.33. The minimum Gasteiger partial charge on any atom is -0.394 e. The molecule has 0 aliphatic rings. The molecule has 0 fully saturated rings. The molecule has 3 aromatic rings. The van der Waals surface area contributed by atoms with Crippen LogP contribution in [0.5, 0.6) is 0 Å². The standard InChI is InChI=1S/C24H26ClNO2S.ClH/c25-23-14-21(7-6-20(23)12-13-24(26,16-27)17-28)19-8-10-22(11-9-19)29-15-18-4-2-1-3-5-18;/h1-11,14,27-28H,12-13,15-17,26H2;1H. The van der Waals surface area contributed by atoms with Crippen LogP contribution in [0.1, 0.15) is 17.5 Å². The number of thioether (sulfide) groups is 1. The molecule has 0 heterocycles. The molecule has 0 saturated heterocycles. The highest BCUT2D eigenvalue weighted by Gasteiger charge is 2.23. The van der Waals surface area contributed by atoms with Crippen LogP contribution in [0.15, 0.2) is 77.7 Å². The Morgan fingerprint density at radius 1 is 0.867 bits per heavy atom. The van der Waals surface area contributed by atoms with Gasteiger partial charge in [-0.1, -0.05) is 66.2 Å². The summed E-state index contributed by atoms with van der Waals surface area (Å²) in [5.74, 6) is 0.949. The number of halogens is 2. The van der Waals surface area contributed by atoms with E-state index < -0.39 is 5.54 Å². The van der Waals surface area contributed by atoms with Crippen molar-refractivity contribution in [1.82, 2.24) is 0 Å². The van der Waals surface area contributed by atoms with Gasteiger partial charge in [-0.2, -0.15) is 0 Å². The van der Waals surface area contributed by atoms with Gasteiger partial charge in [-0.05, 0) is 53.3 Å². The number of nitrogens with two attached hydrogens (primary N) is 1. The first-order chi connectivity index (χ1) is 14.0. The Morgan fingerprint density at radius 3 is 2.10 bits per heavy atom. The summed E-state index contributed by atoms with van der Waals surface area (Å²) in [5, 5.41) is 19.3. The molecule has 30 heavy (non-hydrogen) atoms. The van der Waals surface area contributed by atoms with E-state index in [0.717, 1.165) is 22.4 Å². The molecule has 0 amide bonds. The Hall–Kier alpha value is -1.53. The minimum atomic E-state index is -0.977. The van der Waals surface area contributed by atoms with Crippen LogP contribution in [0, 0.1) is 0 Å². The van der Waals surface area contributed by atoms with Gasteiger partial charge < -0.3 is 15.9 Å². The van der Waals surface area contributed by atoms with E-state index in [1.165, 1.54) is 10.5 Å². The highest BCUT2D eigenvalue weighted by atomic mass is 35.5. The Labute approximate surface area is 193 Å². The third-order valence-electron chi connectivity index (χ3n) is 5.01. The number of aliphatic hydroxyl groups is 2. The van der Waals surface area contributed by atoms with Crippen LogP contribution in [-0.4, -0.2) is 29.0 Å². The second-order valence-electron chi connectivity index (χ2n) is 7.28. The molecule has 0 bridgehead atoms. The number of hydrogen-bond donors (Lipinski definition) is 3. The predicted molar refractivity (Wildman–Crippen MR) is 130 cm³/mol. The highest BCUT2D eigenvalue weighted by molar-refractivity contribution is 7.98. The topological polar surface area (TPSA) is 66.5 Å². The average molecular weight is 464 g/mol. The first kappa shape index (κ1) is 24.7. The van der Waals surface area contributed by atoms with Crippen molar-refractivity contribution < 1.29 is 10.2 Å². The monoisotopic (exact) mass is 463 g/mol. The van der Waals surface area contributed by atoms with Crippen molar-refractivity contribution >= 4 is 35.8 Å². The highest BCUT2D eigenvalue weighted by Crippen LogP contribution is 2.30. The molecule has 3 nitrogen and oxygen atoms in total. The molecule has 6 heteroatoms. The van der Waals surface area contributed by atoms with Gasteiger partial charge in [-0.15, -0.1) is 24.2 Å². The van der Waals surface area contributed by atoms with Gasteiger partial charge in [0.1, 0.15) is 0 Å². The maximum Gasteiger partial charge on any atom is 0.0633 e. The van der Waals surface area contributed by atoms with Gasteiger partial charge in [-0.3, -0.25) is 0 Å². The Morgan fingerprint density at radius 2 is 1.50 bits per heavy atom. The number of aryl methyl sites for hydroxylation is 1. The number of benzene rings is 3. The van der Waals surface area contributed by atoms with Crippen LogP contribution in [0.4, 0.5) is 0 Å². The molecule has 160 valence electrons. The second-order valence-corrected chi connectivity index (χ2v) is 8.74. The number of aliphatic hydroxyl groups excluding tert-OH is 2. The van der Waals surface area contributed by atoms with Crippen LogP contribution < -0.4 is 5.73 Å². The van der Waals surface area contributed by atoms with Gasteiger partial charge in [-0.25, -0.2) is 0 Å². The molecule has 4 N–H and O–H groups in total. The summed E-state index contributed by atoms with van der Waals surface area (Å²) >= 11 is 8.29. The van der Waals surface area contributed by atoms with Crippen LogP contribution in [0.3, 0.4) is 0 Å². The lowest BCUT2D eigenvalue weighted by molar-refractivity contribution is 0.115. The summed E-state index contributed by atoms with van der Waals surface area (Å²) in [6, 6.07) is 24.9. The molecule has 0 aliphatic heterocycles. The van der Waals surface area contributed by atoms with Gasteiger partial charge in [0.2, 0.25) is 0 Å². The zero-order valence-corrected chi connectivity index (χ0v) is 19.0. The number of hydrogen-bond acceptors (Lipinski definition) is 4. The zero-order valence-electron chi connectivity index (χ0n) is 16.6. The normalized spacial score (nSPS) is 11.2. The maximum atomic E-state index is 9.33. The second kappa shape index (κ2) is 11.8. The van der Waals surface area contributed by atoms with Crippen molar-refractivity contribution in [2.24, 2.45) is 5.73 Å².